The summed E-state index contributed by atoms with van der Waals surface area (Å²) in [5, 5.41) is 19.8. The Morgan fingerprint density at radius 3 is 2.69 bits per heavy atom. The fraction of sp³-hybridized carbons (Fsp3) is 0.500. The minimum absolute atomic E-state index is 0.109. The van der Waals surface area contributed by atoms with E-state index in [1.165, 1.54) is 0 Å². The van der Waals surface area contributed by atoms with E-state index in [0.29, 0.717) is 31.1 Å². The molecule has 1 fully saturated rings. The van der Waals surface area contributed by atoms with E-state index in [0.717, 1.165) is 18.4 Å². The number of hydrogen-bond acceptors (Lipinski definition) is 4. The van der Waals surface area contributed by atoms with Crippen LogP contribution in [0.1, 0.15) is 18.4 Å². The van der Waals surface area contributed by atoms with Crippen LogP contribution >= 0.6 is 0 Å². The maximum absolute atomic E-state index is 10.0. The van der Waals surface area contributed by atoms with Gasteiger partial charge in [0, 0.05) is 12.0 Å². The standard InChI is InChI=1S/C12H14O4/c13-10-8(7-12(14)3-4-12)1-2-9-11(10)16-6-5-15-9/h1-2,13-14H,3-7H2. The first-order valence-corrected chi connectivity index (χ1v) is 5.51. The average Bonchev–Trinajstić information content (AvgIpc) is 3.01. The molecule has 0 atom stereocenters. The lowest BCUT2D eigenvalue weighted by atomic mass is 10.0. The van der Waals surface area contributed by atoms with Gasteiger partial charge in [-0.2, -0.15) is 0 Å². The molecule has 16 heavy (non-hydrogen) atoms. The van der Waals surface area contributed by atoms with E-state index >= 15 is 0 Å². The summed E-state index contributed by atoms with van der Waals surface area (Å²) in [4.78, 5) is 0. The maximum atomic E-state index is 10.0. The number of aliphatic hydroxyl groups is 1. The van der Waals surface area contributed by atoms with Crippen molar-refractivity contribution in [2.24, 2.45) is 0 Å². The van der Waals surface area contributed by atoms with Gasteiger partial charge in [-0.15, -0.1) is 0 Å². The van der Waals surface area contributed by atoms with Crippen molar-refractivity contribution in [2.75, 3.05) is 13.2 Å². The zero-order valence-electron chi connectivity index (χ0n) is 8.90. The predicted octanol–water partition coefficient (Wildman–Crippen LogP) is 1.23. The van der Waals surface area contributed by atoms with Crippen LogP contribution in [0.15, 0.2) is 12.1 Å². The molecule has 1 aromatic rings. The predicted molar refractivity (Wildman–Crippen MR) is 57.0 cm³/mol. The molecule has 3 rings (SSSR count). The van der Waals surface area contributed by atoms with Crippen LogP contribution in [0.2, 0.25) is 0 Å². The van der Waals surface area contributed by atoms with Crippen LogP contribution in [0.5, 0.6) is 17.2 Å². The van der Waals surface area contributed by atoms with Crippen molar-refractivity contribution in [3.8, 4) is 17.2 Å². The van der Waals surface area contributed by atoms with Gasteiger partial charge in [-0.1, -0.05) is 6.07 Å². The van der Waals surface area contributed by atoms with Crippen LogP contribution in [-0.2, 0) is 6.42 Å². The second-order valence-corrected chi connectivity index (χ2v) is 4.50. The number of rotatable bonds is 2. The lowest BCUT2D eigenvalue weighted by Crippen LogP contribution is -2.16. The van der Waals surface area contributed by atoms with Crippen molar-refractivity contribution < 1.29 is 19.7 Å². The number of aromatic hydroxyl groups is 1. The summed E-state index contributed by atoms with van der Waals surface area (Å²) >= 11 is 0. The monoisotopic (exact) mass is 222 g/mol. The molecule has 0 saturated heterocycles. The van der Waals surface area contributed by atoms with Gasteiger partial charge < -0.3 is 19.7 Å². The molecule has 0 spiro atoms. The molecular formula is C12H14O4. The lowest BCUT2D eigenvalue weighted by Gasteiger charge is -2.21. The molecule has 1 aliphatic heterocycles. The van der Waals surface area contributed by atoms with Gasteiger partial charge in [0.2, 0.25) is 5.75 Å². The van der Waals surface area contributed by atoms with Crippen LogP contribution in [-0.4, -0.2) is 29.0 Å². The molecule has 1 aromatic carbocycles. The Kier molecular flexibility index (Phi) is 2.01. The normalized spacial score (nSPS) is 20.6. The Hall–Kier alpha value is -1.42. The number of benzene rings is 1. The molecule has 0 bridgehead atoms. The van der Waals surface area contributed by atoms with Crippen molar-refractivity contribution in [3.63, 3.8) is 0 Å². The number of hydrogen-bond donors (Lipinski definition) is 2. The number of fused-ring (bicyclic) bond motifs is 1. The van der Waals surface area contributed by atoms with E-state index in [-0.39, 0.29) is 5.75 Å². The van der Waals surface area contributed by atoms with E-state index in [1.807, 2.05) is 0 Å². The highest BCUT2D eigenvalue weighted by Crippen LogP contribution is 2.45. The van der Waals surface area contributed by atoms with Gasteiger partial charge in [0.1, 0.15) is 13.2 Å². The molecule has 86 valence electrons. The van der Waals surface area contributed by atoms with Gasteiger partial charge in [-0.05, 0) is 18.9 Å². The summed E-state index contributed by atoms with van der Waals surface area (Å²) in [5.41, 5.74) is 0.116. The van der Waals surface area contributed by atoms with Crippen molar-refractivity contribution in [3.05, 3.63) is 17.7 Å². The Labute approximate surface area is 93.4 Å². The summed E-state index contributed by atoms with van der Waals surface area (Å²) in [6, 6.07) is 3.58. The van der Waals surface area contributed by atoms with Crippen LogP contribution < -0.4 is 9.47 Å². The zero-order chi connectivity index (χ0) is 11.2. The van der Waals surface area contributed by atoms with Crippen LogP contribution in [0.3, 0.4) is 0 Å². The molecule has 2 aliphatic rings. The smallest absolute Gasteiger partial charge is 0.203 e. The van der Waals surface area contributed by atoms with Crippen LogP contribution in [0.25, 0.3) is 0 Å². The topological polar surface area (TPSA) is 58.9 Å². The molecule has 1 heterocycles. The van der Waals surface area contributed by atoms with Crippen molar-refractivity contribution in [1.29, 1.82) is 0 Å². The highest BCUT2D eigenvalue weighted by atomic mass is 16.6. The third-order valence-corrected chi connectivity index (χ3v) is 3.11. The largest absolute Gasteiger partial charge is 0.504 e. The van der Waals surface area contributed by atoms with Gasteiger partial charge in [0.15, 0.2) is 11.5 Å². The van der Waals surface area contributed by atoms with Crippen molar-refractivity contribution in [2.45, 2.75) is 24.9 Å². The molecule has 0 radical (unpaired) electrons. The number of phenols is 1. The highest BCUT2D eigenvalue weighted by Gasteiger charge is 2.41. The van der Waals surface area contributed by atoms with E-state index < -0.39 is 5.60 Å². The first-order chi connectivity index (χ1) is 7.68. The molecule has 4 heteroatoms. The summed E-state index contributed by atoms with van der Waals surface area (Å²) in [7, 11) is 0. The molecule has 2 N–H and O–H groups in total. The third kappa shape index (κ3) is 1.59. The van der Waals surface area contributed by atoms with Crippen LogP contribution in [0.4, 0.5) is 0 Å². The zero-order valence-corrected chi connectivity index (χ0v) is 8.90. The second-order valence-electron chi connectivity index (χ2n) is 4.50. The fourth-order valence-corrected chi connectivity index (χ4v) is 1.96. The lowest BCUT2D eigenvalue weighted by molar-refractivity contribution is 0.147. The minimum Gasteiger partial charge on any atom is -0.504 e. The molecular weight excluding hydrogens is 208 g/mol. The van der Waals surface area contributed by atoms with E-state index in [9.17, 15) is 10.2 Å². The molecule has 4 nitrogen and oxygen atoms in total. The molecule has 1 saturated carbocycles. The van der Waals surface area contributed by atoms with Crippen LogP contribution in [0, 0.1) is 0 Å². The molecule has 0 aromatic heterocycles. The summed E-state index contributed by atoms with van der Waals surface area (Å²) in [6.07, 6.45) is 2.09. The quantitative estimate of drug-likeness (QED) is 0.790. The van der Waals surface area contributed by atoms with Gasteiger partial charge in [0.25, 0.3) is 0 Å². The first kappa shape index (κ1) is 9.78. The average molecular weight is 222 g/mol. The Morgan fingerprint density at radius 2 is 1.94 bits per heavy atom. The van der Waals surface area contributed by atoms with Crippen molar-refractivity contribution in [1.82, 2.24) is 0 Å². The SMILES string of the molecule is Oc1c(CC2(O)CC2)ccc2c1OCCO2. The van der Waals surface area contributed by atoms with Gasteiger partial charge in [-0.3, -0.25) is 0 Å². The van der Waals surface area contributed by atoms with Gasteiger partial charge >= 0.3 is 0 Å². The number of ether oxygens (including phenoxy) is 2. The Morgan fingerprint density at radius 1 is 1.19 bits per heavy atom. The Bertz CT molecular complexity index is 423. The van der Waals surface area contributed by atoms with Crippen molar-refractivity contribution >= 4 is 0 Å². The summed E-state index contributed by atoms with van der Waals surface area (Å²) in [6.45, 7) is 0.962. The van der Waals surface area contributed by atoms with Gasteiger partial charge in [0.05, 0.1) is 5.60 Å². The summed E-state index contributed by atoms with van der Waals surface area (Å²) in [5.74, 6) is 1.10. The minimum atomic E-state index is -0.610. The fourth-order valence-electron chi connectivity index (χ4n) is 1.96. The van der Waals surface area contributed by atoms with Gasteiger partial charge in [-0.25, -0.2) is 0 Å². The first-order valence-electron chi connectivity index (χ1n) is 5.51. The molecule has 1 aliphatic carbocycles. The molecule has 0 amide bonds. The van der Waals surface area contributed by atoms with E-state index in [1.54, 1.807) is 12.1 Å². The molecule has 0 unspecified atom stereocenters. The third-order valence-electron chi connectivity index (χ3n) is 3.11. The number of phenolic OH excluding ortho intramolecular Hbond substituents is 1. The summed E-state index contributed by atoms with van der Waals surface area (Å²) < 4.78 is 10.7. The maximum Gasteiger partial charge on any atom is 0.203 e. The second kappa shape index (κ2) is 3.28. The van der Waals surface area contributed by atoms with E-state index in [2.05, 4.69) is 0 Å². The Balaban J connectivity index is 1.94. The van der Waals surface area contributed by atoms with E-state index in [4.69, 9.17) is 9.47 Å². The highest BCUT2D eigenvalue weighted by molar-refractivity contribution is 5.56.